The highest BCUT2D eigenvalue weighted by Gasteiger charge is 2.31. The number of fused-ring (bicyclic) bond motifs is 1. The van der Waals surface area contributed by atoms with Gasteiger partial charge in [0.2, 0.25) is 6.41 Å². The lowest BCUT2D eigenvalue weighted by atomic mass is 10.1. The van der Waals surface area contributed by atoms with Crippen LogP contribution in [0.15, 0.2) is 30.6 Å². The van der Waals surface area contributed by atoms with Gasteiger partial charge in [0.25, 0.3) is 0 Å². The average molecular weight is 610 g/mol. The summed E-state index contributed by atoms with van der Waals surface area (Å²) in [6.45, 7) is 3.85. The molecular formula is C22H25FIN8O2P. The van der Waals surface area contributed by atoms with Gasteiger partial charge in [-0.3, -0.25) is 13.8 Å². The summed E-state index contributed by atoms with van der Waals surface area (Å²) < 4.78 is 20.8. The van der Waals surface area contributed by atoms with Crippen molar-refractivity contribution >= 4 is 63.2 Å². The van der Waals surface area contributed by atoms with Crippen molar-refractivity contribution in [2.45, 2.75) is 26.4 Å². The van der Waals surface area contributed by atoms with Gasteiger partial charge in [-0.2, -0.15) is 5.10 Å². The molecule has 4 aromatic rings. The molecule has 0 aliphatic heterocycles. The molecule has 0 radical (unpaired) electrons. The Balaban J connectivity index is 0.000000514. The molecule has 5 rings (SSSR count). The molecule has 0 saturated heterocycles. The van der Waals surface area contributed by atoms with Crippen LogP contribution in [0.2, 0.25) is 0 Å². The van der Waals surface area contributed by atoms with E-state index in [1.165, 1.54) is 0 Å². The fourth-order valence-corrected chi connectivity index (χ4v) is 5.54. The zero-order valence-corrected chi connectivity index (χ0v) is 22.7. The number of carbonyl (C=O) groups is 1. The predicted octanol–water partition coefficient (Wildman–Crippen LogP) is 5.01. The summed E-state index contributed by atoms with van der Waals surface area (Å²) in [4.78, 5) is 24.6. The molecule has 184 valence electrons. The van der Waals surface area contributed by atoms with Crippen LogP contribution in [0.3, 0.4) is 0 Å². The largest absolute Gasteiger partial charge is 0.494 e. The molecule has 1 fully saturated rings. The first kappa shape index (κ1) is 25.2. The monoisotopic (exact) mass is 610 g/mol. The summed E-state index contributed by atoms with van der Waals surface area (Å²) in [6, 6.07) is 7.44. The van der Waals surface area contributed by atoms with Crippen molar-refractivity contribution in [2.75, 3.05) is 17.7 Å². The molecule has 1 saturated carbocycles. The number of amides is 1. The van der Waals surface area contributed by atoms with Gasteiger partial charge in [-0.15, -0.1) is 0 Å². The SMILES string of the molecule is COc1c(Nc2cc(NC=O)nc3c2nc(C)n3PI)cccc1-c1ncn(C)n1.C[C@@H]1CC1F. The van der Waals surface area contributed by atoms with Gasteiger partial charge in [0.1, 0.15) is 29.7 Å². The second-order valence-electron chi connectivity index (χ2n) is 8.05. The van der Waals surface area contributed by atoms with Crippen LogP contribution in [0.1, 0.15) is 19.2 Å². The number of halogens is 2. The molecule has 13 heteroatoms. The van der Waals surface area contributed by atoms with E-state index in [1.807, 2.05) is 43.4 Å². The molecule has 1 aliphatic carbocycles. The summed E-state index contributed by atoms with van der Waals surface area (Å²) in [5.41, 5.74) is 3.57. The Morgan fingerprint density at radius 3 is 2.63 bits per heavy atom. The van der Waals surface area contributed by atoms with E-state index in [0.29, 0.717) is 52.9 Å². The van der Waals surface area contributed by atoms with E-state index in [-0.39, 0.29) is 0 Å². The quantitative estimate of drug-likeness (QED) is 0.172. The number of carbonyl (C=O) groups excluding carboxylic acids is 1. The molecular weight excluding hydrogens is 585 g/mol. The number of anilines is 3. The highest BCUT2D eigenvalue weighted by atomic mass is 127. The number of rotatable bonds is 7. The third kappa shape index (κ3) is 5.53. The maximum atomic E-state index is 11.5. The number of methoxy groups -OCH3 is 1. The Morgan fingerprint density at radius 2 is 2.06 bits per heavy atom. The number of pyridine rings is 1. The molecule has 3 aromatic heterocycles. The minimum absolute atomic E-state index is 0.384. The lowest BCUT2D eigenvalue weighted by Gasteiger charge is -2.15. The van der Waals surface area contributed by atoms with Crippen molar-refractivity contribution < 1.29 is 13.9 Å². The maximum Gasteiger partial charge on any atom is 0.212 e. The summed E-state index contributed by atoms with van der Waals surface area (Å²) >= 11 is 2.28. The Kier molecular flexibility index (Phi) is 7.80. The van der Waals surface area contributed by atoms with Crippen LogP contribution in [-0.4, -0.2) is 48.8 Å². The number of benzene rings is 1. The number of aromatic nitrogens is 6. The zero-order chi connectivity index (χ0) is 25.1. The van der Waals surface area contributed by atoms with Gasteiger partial charge in [0, 0.05) is 13.1 Å². The van der Waals surface area contributed by atoms with Crippen molar-refractivity contribution in [1.82, 2.24) is 29.1 Å². The van der Waals surface area contributed by atoms with Gasteiger partial charge in [0.15, 0.2) is 17.2 Å². The number of alkyl halides is 1. The Labute approximate surface area is 216 Å². The van der Waals surface area contributed by atoms with Crippen LogP contribution in [0.25, 0.3) is 22.6 Å². The highest BCUT2D eigenvalue weighted by Crippen LogP contribution is 2.39. The average Bonchev–Trinajstić information content (AvgIpc) is 3.18. The highest BCUT2D eigenvalue weighted by molar-refractivity contribution is 14.2. The van der Waals surface area contributed by atoms with Gasteiger partial charge in [0.05, 0.1) is 30.4 Å². The smallest absolute Gasteiger partial charge is 0.212 e. The minimum atomic E-state index is -0.449. The molecule has 2 unspecified atom stereocenters. The van der Waals surface area contributed by atoms with E-state index in [0.717, 1.165) is 23.5 Å². The van der Waals surface area contributed by atoms with Gasteiger partial charge >= 0.3 is 0 Å². The zero-order valence-electron chi connectivity index (χ0n) is 19.6. The summed E-state index contributed by atoms with van der Waals surface area (Å²) in [7, 11) is 3.41. The number of nitrogens with one attached hydrogen (secondary N) is 2. The first-order valence-electron chi connectivity index (χ1n) is 10.8. The fraction of sp³-hybridized carbons (Fsp3) is 0.318. The Bertz CT molecular complexity index is 1350. The number of para-hydroxylation sites is 1. The van der Waals surface area contributed by atoms with E-state index in [9.17, 15) is 9.18 Å². The van der Waals surface area contributed by atoms with E-state index in [1.54, 1.807) is 24.2 Å². The van der Waals surface area contributed by atoms with Crippen molar-refractivity contribution in [1.29, 1.82) is 0 Å². The number of hydrogen-bond donors (Lipinski definition) is 2. The number of nitrogens with zero attached hydrogens (tertiary/aromatic N) is 6. The number of imidazole rings is 1. The van der Waals surface area contributed by atoms with Crippen LogP contribution in [-0.2, 0) is 11.8 Å². The van der Waals surface area contributed by atoms with Gasteiger partial charge in [-0.1, -0.05) is 13.0 Å². The van der Waals surface area contributed by atoms with E-state index >= 15 is 0 Å². The fourth-order valence-electron chi connectivity index (χ4n) is 3.40. The lowest BCUT2D eigenvalue weighted by molar-refractivity contribution is -0.105. The second kappa shape index (κ2) is 10.8. The van der Waals surface area contributed by atoms with E-state index < -0.39 is 6.17 Å². The summed E-state index contributed by atoms with van der Waals surface area (Å²) in [5.74, 6) is 2.82. The Hall–Kier alpha value is -2.86. The van der Waals surface area contributed by atoms with Gasteiger partial charge < -0.3 is 15.4 Å². The molecule has 10 nitrogen and oxygen atoms in total. The number of hydrogen-bond acceptors (Lipinski definition) is 7. The molecule has 1 aliphatic rings. The predicted molar refractivity (Wildman–Crippen MR) is 145 cm³/mol. The molecule has 1 aromatic carbocycles. The Morgan fingerprint density at radius 1 is 1.31 bits per heavy atom. The molecule has 35 heavy (non-hydrogen) atoms. The van der Waals surface area contributed by atoms with Crippen LogP contribution in [0.5, 0.6) is 5.75 Å². The minimum Gasteiger partial charge on any atom is -0.494 e. The van der Waals surface area contributed by atoms with Crippen molar-refractivity contribution in [3.63, 3.8) is 0 Å². The molecule has 2 N–H and O–H groups in total. The van der Waals surface area contributed by atoms with Crippen molar-refractivity contribution in [3.05, 3.63) is 36.4 Å². The third-order valence-corrected chi connectivity index (χ3v) is 7.57. The lowest BCUT2D eigenvalue weighted by Crippen LogP contribution is -2.02. The van der Waals surface area contributed by atoms with Crippen LogP contribution < -0.4 is 15.4 Å². The van der Waals surface area contributed by atoms with Crippen LogP contribution >= 0.6 is 28.4 Å². The van der Waals surface area contributed by atoms with Crippen molar-refractivity contribution in [2.24, 2.45) is 13.0 Å². The van der Waals surface area contributed by atoms with E-state index in [4.69, 9.17) is 4.74 Å². The molecule has 0 bridgehead atoms. The first-order valence-corrected chi connectivity index (χ1v) is 14.8. The summed E-state index contributed by atoms with van der Waals surface area (Å²) in [5, 5.41) is 10.4. The van der Waals surface area contributed by atoms with Crippen LogP contribution in [0, 0.1) is 12.8 Å². The molecule has 3 atom stereocenters. The van der Waals surface area contributed by atoms with E-state index in [2.05, 4.69) is 52.7 Å². The number of ether oxygens (including phenoxy) is 1. The third-order valence-electron chi connectivity index (χ3n) is 5.41. The normalized spacial score (nSPS) is 16.7. The van der Waals surface area contributed by atoms with Gasteiger partial charge in [-0.25, -0.2) is 19.3 Å². The van der Waals surface area contributed by atoms with Gasteiger partial charge in [-0.05, 0) is 53.4 Å². The first-order chi connectivity index (χ1) is 16.9. The number of aryl methyl sites for hydroxylation is 2. The molecule has 3 heterocycles. The summed E-state index contributed by atoms with van der Waals surface area (Å²) in [6.07, 6.45) is 3.02. The topological polar surface area (TPSA) is 112 Å². The standard InChI is InChI=1S/C18H18IN8O2P.C4H7F/c1-10-22-15-13(7-14(21-9-28)24-18(15)27(10)30-19)23-12-6-4-5-11(16(12)29-3)17-20-8-26(2)25-17;1-3-2-4(3)5/h4-9,30H,1-3H3,(H2,21,23,24,28);3-4H,2H2,1H3/t;3-,4?/m.1/s1. The molecule has 0 spiro atoms. The van der Waals surface area contributed by atoms with Crippen molar-refractivity contribution in [3.8, 4) is 17.1 Å². The molecule has 1 amide bonds. The van der Waals surface area contributed by atoms with Crippen LogP contribution in [0.4, 0.5) is 21.6 Å². The second-order valence-corrected chi connectivity index (χ2v) is 10.1. The maximum absolute atomic E-state index is 11.5.